The number of aryl methyl sites for hydroxylation is 1. The van der Waals surface area contributed by atoms with E-state index >= 15 is 0 Å². The van der Waals surface area contributed by atoms with Crippen molar-refractivity contribution in [2.45, 2.75) is 19.1 Å². The highest BCUT2D eigenvalue weighted by Gasteiger charge is 2.48. The molecule has 0 fully saturated rings. The molecule has 0 radical (unpaired) electrons. The van der Waals surface area contributed by atoms with Gasteiger partial charge in [0.05, 0.1) is 0 Å². The number of fused-ring (bicyclic) bond motifs is 3. The standard InChI is InChI=1S/C18H17BrN2O/c1-12-7-8-13(11-16(12)19)18(22)15-6-3-2-5-14(15)17-20-9-4-10-21(17)18/h2-3,5-8,11,22H,4,9-10H2,1H3. The molecule has 2 heterocycles. The molecule has 22 heavy (non-hydrogen) atoms. The lowest BCUT2D eigenvalue weighted by Crippen LogP contribution is -2.47. The van der Waals surface area contributed by atoms with E-state index in [1.165, 1.54) is 0 Å². The Morgan fingerprint density at radius 2 is 2.05 bits per heavy atom. The van der Waals surface area contributed by atoms with Gasteiger partial charge in [-0.2, -0.15) is 0 Å². The van der Waals surface area contributed by atoms with Gasteiger partial charge in [0.1, 0.15) is 5.84 Å². The minimum absolute atomic E-state index is 0.815. The molecule has 2 aliphatic heterocycles. The number of aliphatic imine (C=N–C) groups is 1. The Kier molecular flexibility index (Phi) is 3.13. The molecule has 2 aliphatic rings. The molecule has 0 aliphatic carbocycles. The lowest BCUT2D eigenvalue weighted by atomic mass is 9.93. The third-order valence-corrected chi connectivity index (χ3v) is 5.42. The van der Waals surface area contributed by atoms with Crippen LogP contribution in [0.4, 0.5) is 0 Å². The number of rotatable bonds is 1. The Hall–Kier alpha value is -1.65. The first kappa shape index (κ1) is 14.0. The van der Waals surface area contributed by atoms with Crippen LogP contribution in [0.1, 0.15) is 28.7 Å². The van der Waals surface area contributed by atoms with Crippen molar-refractivity contribution in [3.8, 4) is 0 Å². The summed E-state index contributed by atoms with van der Waals surface area (Å²) in [7, 11) is 0. The lowest BCUT2D eigenvalue weighted by Gasteiger charge is -2.37. The number of benzene rings is 2. The van der Waals surface area contributed by atoms with Crippen molar-refractivity contribution in [2.75, 3.05) is 13.1 Å². The van der Waals surface area contributed by atoms with Crippen LogP contribution in [0.15, 0.2) is 51.9 Å². The van der Waals surface area contributed by atoms with Gasteiger partial charge in [0.25, 0.3) is 0 Å². The Morgan fingerprint density at radius 1 is 1.23 bits per heavy atom. The summed E-state index contributed by atoms with van der Waals surface area (Å²) < 4.78 is 1.01. The molecule has 0 amide bonds. The molecular formula is C18H17BrN2O. The molecule has 2 aromatic rings. The third kappa shape index (κ3) is 1.80. The molecule has 0 saturated heterocycles. The van der Waals surface area contributed by atoms with E-state index in [9.17, 15) is 5.11 Å². The van der Waals surface area contributed by atoms with E-state index in [2.05, 4.69) is 20.9 Å². The Bertz CT molecular complexity index is 786. The minimum atomic E-state index is -1.13. The molecule has 1 atom stereocenters. The summed E-state index contributed by atoms with van der Waals surface area (Å²) in [5.41, 5.74) is 2.87. The maximum Gasteiger partial charge on any atom is 0.193 e. The average Bonchev–Trinajstić information content (AvgIpc) is 2.82. The topological polar surface area (TPSA) is 35.8 Å². The van der Waals surface area contributed by atoms with E-state index < -0.39 is 5.72 Å². The maximum atomic E-state index is 11.6. The zero-order chi connectivity index (χ0) is 15.3. The van der Waals surface area contributed by atoms with Gasteiger partial charge in [-0.1, -0.05) is 52.3 Å². The monoisotopic (exact) mass is 356 g/mol. The zero-order valence-electron chi connectivity index (χ0n) is 12.4. The molecule has 0 saturated carbocycles. The smallest absolute Gasteiger partial charge is 0.193 e. The minimum Gasteiger partial charge on any atom is -0.363 e. The fourth-order valence-corrected chi connectivity index (χ4v) is 3.78. The Balaban J connectivity index is 1.97. The van der Waals surface area contributed by atoms with E-state index in [1.807, 2.05) is 54.3 Å². The van der Waals surface area contributed by atoms with Crippen LogP contribution in [-0.2, 0) is 5.72 Å². The fourth-order valence-electron chi connectivity index (χ4n) is 3.40. The number of halogens is 1. The first-order valence-corrected chi connectivity index (χ1v) is 8.32. The van der Waals surface area contributed by atoms with Crippen LogP contribution in [0.2, 0.25) is 0 Å². The second-order valence-electron chi connectivity index (χ2n) is 5.89. The second kappa shape index (κ2) is 4.93. The predicted octanol–water partition coefficient (Wildman–Crippen LogP) is 3.42. The summed E-state index contributed by atoms with van der Waals surface area (Å²) in [6.07, 6.45) is 0.965. The van der Waals surface area contributed by atoms with Crippen molar-refractivity contribution in [3.05, 3.63) is 69.2 Å². The summed E-state index contributed by atoms with van der Waals surface area (Å²) in [6, 6.07) is 14.1. The van der Waals surface area contributed by atoms with Crippen molar-refractivity contribution in [2.24, 2.45) is 4.99 Å². The highest BCUT2D eigenvalue weighted by Crippen LogP contribution is 2.44. The first-order valence-electron chi connectivity index (χ1n) is 7.53. The predicted molar refractivity (Wildman–Crippen MR) is 91.0 cm³/mol. The summed E-state index contributed by atoms with van der Waals surface area (Å²) in [4.78, 5) is 6.70. The summed E-state index contributed by atoms with van der Waals surface area (Å²) in [5.74, 6) is 0.918. The molecule has 2 aromatic carbocycles. The van der Waals surface area contributed by atoms with E-state index in [1.54, 1.807) is 0 Å². The number of hydrogen-bond acceptors (Lipinski definition) is 3. The SMILES string of the molecule is Cc1ccc(C2(O)c3ccccc3C3=NCCCN32)cc1Br. The Labute approximate surface area is 138 Å². The molecule has 0 aromatic heterocycles. The number of hydrogen-bond donors (Lipinski definition) is 1. The van der Waals surface area contributed by atoms with Crippen LogP contribution in [0.5, 0.6) is 0 Å². The van der Waals surface area contributed by atoms with Gasteiger partial charge < -0.3 is 10.0 Å². The number of amidine groups is 1. The molecular weight excluding hydrogens is 340 g/mol. The maximum absolute atomic E-state index is 11.6. The van der Waals surface area contributed by atoms with Crippen LogP contribution in [0, 0.1) is 6.92 Å². The summed E-state index contributed by atoms with van der Waals surface area (Å²) in [6.45, 7) is 3.69. The molecule has 112 valence electrons. The van der Waals surface area contributed by atoms with Gasteiger partial charge in [-0.3, -0.25) is 4.99 Å². The third-order valence-electron chi connectivity index (χ3n) is 4.57. The highest BCUT2D eigenvalue weighted by atomic mass is 79.9. The van der Waals surface area contributed by atoms with Gasteiger partial charge in [0, 0.05) is 34.3 Å². The van der Waals surface area contributed by atoms with Gasteiger partial charge in [-0.25, -0.2) is 0 Å². The second-order valence-corrected chi connectivity index (χ2v) is 6.75. The van der Waals surface area contributed by atoms with E-state index in [0.717, 1.165) is 52.1 Å². The van der Waals surface area contributed by atoms with Gasteiger partial charge in [-0.15, -0.1) is 0 Å². The first-order chi connectivity index (χ1) is 10.6. The van der Waals surface area contributed by atoms with Gasteiger partial charge in [0.2, 0.25) is 0 Å². The van der Waals surface area contributed by atoms with Crippen molar-refractivity contribution in [3.63, 3.8) is 0 Å². The van der Waals surface area contributed by atoms with E-state index in [0.29, 0.717) is 0 Å². The van der Waals surface area contributed by atoms with E-state index in [-0.39, 0.29) is 0 Å². The van der Waals surface area contributed by atoms with Gasteiger partial charge >= 0.3 is 0 Å². The van der Waals surface area contributed by atoms with Crippen LogP contribution < -0.4 is 0 Å². The number of aliphatic hydroxyl groups is 1. The van der Waals surface area contributed by atoms with Crippen molar-refractivity contribution < 1.29 is 5.11 Å². The van der Waals surface area contributed by atoms with Crippen LogP contribution in [0.25, 0.3) is 0 Å². The van der Waals surface area contributed by atoms with Crippen LogP contribution >= 0.6 is 15.9 Å². The largest absolute Gasteiger partial charge is 0.363 e. The van der Waals surface area contributed by atoms with Crippen LogP contribution in [-0.4, -0.2) is 28.9 Å². The molecule has 1 N–H and O–H groups in total. The normalized spacial score (nSPS) is 23.0. The van der Waals surface area contributed by atoms with Crippen molar-refractivity contribution >= 4 is 21.8 Å². The summed E-state index contributed by atoms with van der Waals surface area (Å²) in [5, 5.41) is 11.6. The lowest BCUT2D eigenvalue weighted by molar-refractivity contribution is -0.0318. The molecule has 0 spiro atoms. The zero-order valence-corrected chi connectivity index (χ0v) is 14.0. The Morgan fingerprint density at radius 3 is 2.86 bits per heavy atom. The van der Waals surface area contributed by atoms with Crippen molar-refractivity contribution in [1.82, 2.24) is 4.90 Å². The fraction of sp³-hybridized carbons (Fsp3) is 0.278. The van der Waals surface area contributed by atoms with E-state index in [4.69, 9.17) is 0 Å². The van der Waals surface area contributed by atoms with Gasteiger partial charge in [-0.05, 0) is 25.0 Å². The molecule has 0 bridgehead atoms. The van der Waals surface area contributed by atoms with Crippen molar-refractivity contribution in [1.29, 1.82) is 0 Å². The molecule has 4 heteroatoms. The quantitative estimate of drug-likeness (QED) is 0.849. The summed E-state index contributed by atoms with van der Waals surface area (Å²) >= 11 is 3.59. The number of nitrogens with zero attached hydrogens (tertiary/aromatic N) is 2. The average molecular weight is 357 g/mol. The molecule has 4 rings (SSSR count). The van der Waals surface area contributed by atoms with Gasteiger partial charge in [0.15, 0.2) is 5.72 Å². The highest BCUT2D eigenvalue weighted by molar-refractivity contribution is 9.10. The molecule has 3 nitrogen and oxygen atoms in total. The van der Waals surface area contributed by atoms with Crippen LogP contribution in [0.3, 0.4) is 0 Å². The molecule has 1 unspecified atom stereocenters.